The maximum absolute atomic E-state index is 12.7. The lowest BCUT2D eigenvalue weighted by molar-refractivity contribution is -0.146. The van der Waals surface area contributed by atoms with Crippen LogP contribution in [0.3, 0.4) is 0 Å². The quantitative estimate of drug-likeness (QED) is 0.742. The first-order valence-corrected chi connectivity index (χ1v) is 5.10. The summed E-state index contributed by atoms with van der Waals surface area (Å²) in [6.07, 6.45) is -0.623. The molecule has 0 saturated carbocycles. The van der Waals surface area contributed by atoms with Gasteiger partial charge in [0.05, 0.1) is 18.1 Å². The van der Waals surface area contributed by atoms with Crippen LogP contribution < -0.4 is 4.90 Å². The lowest BCUT2D eigenvalue weighted by atomic mass is 10.2. The predicted octanol–water partition coefficient (Wildman–Crippen LogP) is 2.32. The van der Waals surface area contributed by atoms with Crippen LogP contribution in [0.5, 0.6) is 0 Å². The van der Waals surface area contributed by atoms with Crippen molar-refractivity contribution in [3.8, 4) is 0 Å². The molecule has 1 atom stereocenters. The molecule has 1 aliphatic heterocycles. The van der Waals surface area contributed by atoms with Crippen LogP contribution in [0.1, 0.15) is 18.5 Å². The fraction of sp³-hybridized carbons (Fsp3) is 0.600. The summed E-state index contributed by atoms with van der Waals surface area (Å²) < 4.78 is 38.1. The van der Waals surface area contributed by atoms with Crippen molar-refractivity contribution in [2.45, 2.75) is 32.0 Å². The Morgan fingerprint density at radius 2 is 2.06 bits per heavy atom. The number of aromatic nitrogens is 2. The van der Waals surface area contributed by atoms with Crippen molar-refractivity contribution in [2.24, 2.45) is 0 Å². The molecule has 0 aromatic carbocycles. The Kier molecular flexibility index (Phi) is 2.73. The average Bonchev–Trinajstić information content (AvgIpc) is 2.66. The largest absolute Gasteiger partial charge is 0.408 e. The Morgan fingerprint density at radius 3 is 2.62 bits per heavy atom. The van der Waals surface area contributed by atoms with E-state index in [1.807, 2.05) is 0 Å². The molecule has 88 valence electrons. The van der Waals surface area contributed by atoms with Crippen LogP contribution in [0.4, 0.5) is 19.0 Å². The Labute approximate surface area is 91.3 Å². The van der Waals surface area contributed by atoms with Gasteiger partial charge in [-0.05, 0) is 19.8 Å². The Hall–Kier alpha value is -1.33. The molecule has 0 aliphatic carbocycles. The lowest BCUT2D eigenvalue weighted by Crippen LogP contribution is -2.41. The smallest absolute Gasteiger partial charge is 0.343 e. The normalized spacial score (nSPS) is 21.5. The summed E-state index contributed by atoms with van der Waals surface area (Å²) in [6, 6.07) is -1.41. The Morgan fingerprint density at radius 1 is 1.31 bits per heavy atom. The monoisotopic (exact) mass is 231 g/mol. The molecule has 0 spiro atoms. The second-order valence-corrected chi connectivity index (χ2v) is 3.91. The van der Waals surface area contributed by atoms with Crippen molar-refractivity contribution in [3.63, 3.8) is 0 Å². The van der Waals surface area contributed by atoms with E-state index in [9.17, 15) is 13.2 Å². The highest BCUT2D eigenvalue weighted by Crippen LogP contribution is 2.34. The first kappa shape index (κ1) is 11.2. The summed E-state index contributed by atoms with van der Waals surface area (Å²) in [5, 5.41) is 0. The Bertz CT molecular complexity index is 361. The van der Waals surface area contributed by atoms with Gasteiger partial charge in [0, 0.05) is 6.54 Å². The highest BCUT2D eigenvalue weighted by Gasteiger charge is 2.46. The topological polar surface area (TPSA) is 29.0 Å². The minimum Gasteiger partial charge on any atom is -0.343 e. The third-order valence-corrected chi connectivity index (χ3v) is 2.69. The van der Waals surface area contributed by atoms with Gasteiger partial charge in [0.1, 0.15) is 11.9 Å². The molecule has 0 radical (unpaired) electrons. The second-order valence-electron chi connectivity index (χ2n) is 3.91. The molecule has 1 unspecified atom stereocenters. The molecule has 0 bridgehead atoms. The van der Waals surface area contributed by atoms with E-state index < -0.39 is 12.2 Å². The molecule has 1 aliphatic rings. The van der Waals surface area contributed by atoms with Crippen molar-refractivity contribution < 1.29 is 13.2 Å². The SMILES string of the molecule is Cc1cnc(N2CCCC2C(F)(F)F)cn1. The van der Waals surface area contributed by atoms with Crippen LogP contribution >= 0.6 is 0 Å². The summed E-state index contributed by atoms with van der Waals surface area (Å²) in [5.41, 5.74) is 0.700. The maximum Gasteiger partial charge on any atom is 0.408 e. The van der Waals surface area contributed by atoms with Crippen LogP contribution in [0, 0.1) is 6.92 Å². The van der Waals surface area contributed by atoms with Gasteiger partial charge in [0.15, 0.2) is 0 Å². The van der Waals surface area contributed by atoms with Gasteiger partial charge in [-0.3, -0.25) is 4.98 Å². The van der Waals surface area contributed by atoms with Gasteiger partial charge in [-0.15, -0.1) is 0 Å². The van der Waals surface area contributed by atoms with Gasteiger partial charge in [-0.2, -0.15) is 13.2 Å². The third-order valence-electron chi connectivity index (χ3n) is 2.69. The molecule has 0 N–H and O–H groups in total. The molecule has 1 aromatic heterocycles. The molecular formula is C10H12F3N3. The molecule has 1 fully saturated rings. The Balaban J connectivity index is 2.23. The highest BCUT2D eigenvalue weighted by molar-refractivity contribution is 5.39. The first-order valence-electron chi connectivity index (χ1n) is 5.10. The standard InChI is InChI=1S/C10H12F3N3/c1-7-5-15-9(6-14-7)16-4-2-3-8(16)10(11,12)13/h5-6,8H,2-4H2,1H3. The van der Waals surface area contributed by atoms with E-state index >= 15 is 0 Å². The van der Waals surface area contributed by atoms with E-state index in [0.29, 0.717) is 24.5 Å². The maximum atomic E-state index is 12.7. The fourth-order valence-electron chi connectivity index (χ4n) is 1.92. The summed E-state index contributed by atoms with van der Waals surface area (Å²) in [7, 11) is 0. The van der Waals surface area contributed by atoms with E-state index in [-0.39, 0.29) is 6.42 Å². The average molecular weight is 231 g/mol. The van der Waals surface area contributed by atoms with Crippen molar-refractivity contribution in [3.05, 3.63) is 18.1 Å². The van der Waals surface area contributed by atoms with Gasteiger partial charge in [0.2, 0.25) is 0 Å². The summed E-state index contributed by atoms with van der Waals surface area (Å²) in [4.78, 5) is 9.24. The second kappa shape index (κ2) is 3.92. The first-order chi connectivity index (χ1) is 7.48. The molecular weight excluding hydrogens is 219 g/mol. The van der Waals surface area contributed by atoms with Gasteiger partial charge in [-0.25, -0.2) is 4.98 Å². The van der Waals surface area contributed by atoms with Crippen molar-refractivity contribution in [1.82, 2.24) is 9.97 Å². The van der Waals surface area contributed by atoms with E-state index in [0.717, 1.165) is 0 Å². The molecule has 1 aromatic rings. The summed E-state index contributed by atoms with van der Waals surface area (Å²) >= 11 is 0. The number of nitrogens with zero attached hydrogens (tertiary/aromatic N) is 3. The summed E-state index contributed by atoms with van der Waals surface area (Å²) in [6.45, 7) is 2.14. The number of anilines is 1. The molecule has 0 amide bonds. The minimum atomic E-state index is -4.19. The molecule has 2 rings (SSSR count). The van der Waals surface area contributed by atoms with Crippen LogP contribution in [-0.4, -0.2) is 28.7 Å². The van der Waals surface area contributed by atoms with E-state index in [1.165, 1.54) is 17.3 Å². The van der Waals surface area contributed by atoms with E-state index in [1.54, 1.807) is 6.92 Å². The minimum absolute atomic E-state index is 0.138. The van der Waals surface area contributed by atoms with E-state index in [4.69, 9.17) is 0 Å². The molecule has 3 nitrogen and oxygen atoms in total. The van der Waals surface area contributed by atoms with Crippen molar-refractivity contribution >= 4 is 5.82 Å². The zero-order valence-electron chi connectivity index (χ0n) is 8.83. The third kappa shape index (κ3) is 2.10. The van der Waals surface area contributed by atoms with Crippen LogP contribution in [0.2, 0.25) is 0 Å². The number of halogens is 3. The zero-order chi connectivity index (χ0) is 11.8. The number of hydrogen-bond donors (Lipinski definition) is 0. The number of rotatable bonds is 1. The predicted molar refractivity (Wildman–Crippen MR) is 53.2 cm³/mol. The summed E-state index contributed by atoms with van der Waals surface area (Å²) in [5.74, 6) is 0.311. The van der Waals surface area contributed by atoms with Crippen LogP contribution in [0.15, 0.2) is 12.4 Å². The highest BCUT2D eigenvalue weighted by atomic mass is 19.4. The molecule has 6 heteroatoms. The fourth-order valence-corrected chi connectivity index (χ4v) is 1.92. The molecule has 2 heterocycles. The van der Waals surface area contributed by atoms with Gasteiger partial charge < -0.3 is 4.90 Å². The van der Waals surface area contributed by atoms with Crippen LogP contribution in [0.25, 0.3) is 0 Å². The molecule has 16 heavy (non-hydrogen) atoms. The lowest BCUT2D eigenvalue weighted by Gasteiger charge is -2.27. The number of hydrogen-bond acceptors (Lipinski definition) is 3. The van der Waals surface area contributed by atoms with Crippen molar-refractivity contribution in [1.29, 1.82) is 0 Å². The van der Waals surface area contributed by atoms with Crippen molar-refractivity contribution in [2.75, 3.05) is 11.4 Å². The van der Waals surface area contributed by atoms with E-state index in [2.05, 4.69) is 9.97 Å². The zero-order valence-corrected chi connectivity index (χ0v) is 8.83. The van der Waals surface area contributed by atoms with Gasteiger partial charge in [-0.1, -0.05) is 0 Å². The number of alkyl halides is 3. The van der Waals surface area contributed by atoms with Crippen LogP contribution in [-0.2, 0) is 0 Å². The van der Waals surface area contributed by atoms with Gasteiger partial charge >= 0.3 is 6.18 Å². The van der Waals surface area contributed by atoms with Gasteiger partial charge in [0.25, 0.3) is 0 Å². The molecule has 1 saturated heterocycles. The number of aryl methyl sites for hydroxylation is 1.